The predicted octanol–water partition coefficient (Wildman–Crippen LogP) is 5.18. The average Bonchev–Trinajstić information content (AvgIpc) is 2.35. The standard InChI is InChI=1S/C16H30O2/c1-3-5-6-7-8-9-10-11-12-13-14-15(4-2)16(17)18/h4,15H,2-3,5-14H2,1H3,(H,17,18). The molecule has 0 fully saturated rings. The normalized spacial score (nSPS) is 12.3. The second-order valence-corrected chi connectivity index (χ2v) is 5.15. The van der Waals surface area contributed by atoms with Crippen molar-refractivity contribution in [3.05, 3.63) is 12.7 Å². The molecule has 0 aliphatic carbocycles. The summed E-state index contributed by atoms with van der Waals surface area (Å²) in [6.45, 7) is 5.81. The van der Waals surface area contributed by atoms with Crippen LogP contribution in [-0.2, 0) is 4.79 Å². The highest BCUT2D eigenvalue weighted by molar-refractivity contribution is 5.71. The van der Waals surface area contributed by atoms with Crippen LogP contribution in [0, 0.1) is 5.92 Å². The Morgan fingerprint density at radius 3 is 1.83 bits per heavy atom. The fourth-order valence-electron chi connectivity index (χ4n) is 2.19. The third kappa shape index (κ3) is 10.4. The molecule has 0 heterocycles. The van der Waals surface area contributed by atoms with Gasteiger partial charge in [0.05, 0.1) is 5.92 Å². The van der Waals surface area contributed by atoms with E-state index in [9.17, 15) is 4.79 Å². The Balaban J connectivity index is 3.20. The van der Waals surface area contributed by atoms with Gasteiger partial charge in [-0.25, -0.2) is 0 Å². The summed E-state index contributed by atoms with van der Waals surface area (Å²) >= 11 is 0. The molecule has 1 N–H and O–H groups in total. The Morgan fingerprint density at radius 1 is 1.00 bits per heavy atom. The lowest BCUT2D eigenvalue weighted by Gasteiger charge is -2.06. The summed E-state index contributed by atoms with van der Waals surface area (Å²) in [5.74, 6) is -1.08. The van der Waals surface area contributed by atoms with E-state index in [2.05, 4.69) is 13.5 Å². The Labute approximate surface area is 112 Å². The van der Waals surface area contributed by atoms with Gasteiger partial charge >= 0.3 is 5.97 Å². The molecular formula is C16H30O2. The Hall–Kier alpha value is -0.790. The number of unbranched alkanes of at least 4 members (excludes halogenated alkanes) is 9. The highest BCUT2D eigenvalue weighted by Crippen LogP contribution is 2.14. The molecule has 18 heavy (non-hydrogen) atoms. The topological polar surface area (TPSA) is 37.3 Å². The summed E-state index contributed by atoms with van der Waals surface area (Å²) in [6.07, 6.45) is 15.2. The fourth-order valence-corrected chi connectivity index (χ4v) is 2.19. The van der Waals surface area contributed by atoms with Crippen molar-refractivity contribution in [2.45, 2.75) is 77.6 Å². The van der Waals surface area contributed by atoms with Crippen molar-refractivity contribution in [1.82, 2.24) is 0 Å². The van der Waals surface area contributed by atoms with E-state index in [1.165, 1.54) is 51.4 Å². The minimum absolute atomic E-state index is 0.348. The molecule has 1 atom stereocenters. The molecule has 0 saturated heterocycles. The van der Waals surface area contributed by atoms with Gasteiger partial charge in [0.15, 0.2) is 0 Å². The first-order chi connectivity index (χ1) is 8.72. The fraction of sp³-hybridized carbons (Fsp3) is 0.812. The molecule has 0 aliphatic rings. The molecule has 2 heteroatoms. The van der Waals surface area contributed by atoms with Gasteiger partial charge in [-0.1, -0.05) is 77.2 Å². The first-order valence-corrected chi connectivity index (χ1v) is 7.57. The Kier molecular flexibility index (Phi) is 12.1. The first-order valence-electron chi connectivity index (χ1n) is 7.57. The zero-order valence-electron chi connectivity index (χ0n) is 12.0. The van der Waals surface area contributed by atoms with Crippen LogP contribution < -0.4 is 0 Å². The first kappa shape index (κ1) is 17.2. The molecule has 0 radical (unpaired) electrons. The lowest BCUT2D eigenvalue weighted by molar-refractivity contribution is -0.140. The number of carboxylic acid groups (broad SMARTS) is 1. The van der Waals surface area contributed by atoms with Crippen molar-refractivity contribution >= 4 is 5.97 Å². The quantitative estimate of drug-likeness (QED) is 0.363. The molecule has 0 aromatic heterocycles. The largest absolute Gasteiger partial charge is 0.481 e. The Bertz CT molecular complexity index is 211. The molecule has 1 unspecified atom stereocenters. The summed E-state index contributed by atoms with van der Waals surface area (Å²) in [7, 11) is 0. The average molecular weight is 254 g/mol. The molecular weight excluding hydrogens is 224 g/mol. The lowest BCUT2D eigenvalue weighted by atomic mass is 10.00. The highest BCUT2D eigenvalue weighted by Gasteiger charge is 2.11. The molecule has 2 nitrogen and oxygen atoms in total. The number of carboxylic acids is 1. The SMILES string of the molecule is C=CC(CCCCCCCCCCCC)C(=O)O. The van der Waals surface area contributed by atoms with Gasteiger partial charge in [-0.3, -0.25) is 4.79 Å². The van der Waals surface area contributed by atoms with E-state index in [0.29, 0.717) is 0 Å². The molecule has 0 saturated carbocycles. The van der Waals surface area contributed by atoms with E-state index >= 15 is 0 Å². The van der Waals surface area contributed by atoms with Gasteiger partial charge in [0.1, 0.15) is 0 Å². The van der Waals surface area contributed by atoms with E-state index in [4.69, 9.17) is 5.11 Å². The van der Waals surface area contributed by atoms with Gasteiger partial charge in [0.2, 0.25) is 0 Å². The van der Waals surface area contributed by atoms with E-state index in [1.807, 2.05) is 0 Å². The molecule has 0 amide bonds. The van der Waals surface area contributed by atoms with Gasteiger partial charge in [-0.15, -0.1) is 6.58 Å². The van der Waals surface area contributed by atoms with E-state index in [-0.39, 0.29) is 5.92 Å². The van der Waals surface area contributed by atoms with Gasteiger partial charge < -0.3 is 5.11 Å². The zero-order chi connectivity index (χ0) is 13.6. The summed E-state index contributed by atoms with van der Waals surface area (Å²) in [6, 6.07) is 0. The number of rotatable bonds is 13. The monoisotopic (exact) mass is 254 g/mol. The summed E-state index contributed by atoms with van der Waals surface area (Å²) in [5.41, 5.74) is 0. The smallest absolute Gasteiger partial charge is 0.310 e. The zero-order valence-corrected chi connectivity index (χ0v) is 12.0. The molecule has 0 aromatic carbocycles. The number of aliphatic carboxylic acids is 1. The number of hydrogen-bond donors (Lipinski definition) is 1. The molecule has 0 bridgehead atoms. The van der Waals surface area contributed by atoms with Crippen LogP contribution >= 0.6 is 0 Å². The van der Waals surface area contributed by atoms with Crippen LogP contribution in [0.3, 0.4) is 0 Å². The van der Waals surface area contributed by atoms with E-state index in [1.54, 1.807) is 6.08 Å². The number of hydrogen-bond acceptors (Lipinski definition) is 1. The van der Waals surface area contributed by atoms with Gasteiger partial charge in [0.25, 0.3) is 0 Å². The van der Waals surface area contributed by atoms with Crippen molar-refractivity contribution in [2.24, 2.45) is 5.92 Å². The summed E-state index contributed by atoms with van der Waals surface area (Å²) in [5, 5.41) is 8.85. The number of carbonyl (C=O) groups is 1. The van der Waals surface area contributed by atoms with Gasteiger partial charge in [-0.05, 0) is 6.42 Å². The van der Waals surface area contributed by atoms with Gasteiger partial charge in [-0.2, -0.15) is 0 Å². The van der Waals surface area contributed by atoms with Crippen molar-refractivity contribution in [3.63, 3.8) is 0 Å². The minimum atomic E-state index is -0.735. The van der Waals surface area contributed by atoms with E-state index in [0.717, 1.165) is 19.3 Å². The highest BCUT2D eigenvalue weighted by atomic mass is 16.4. The van der Waals surface area contributed by atoms with Crippen molar-refractivity contribution < 1.29 is 9.90 Å². The maximum Gasteiger partial charge on any atom is 0.310 e. The maximum atomic E-state index is 10.8. The Morgan fingerprint density at radius 2 is 1.44 bits per heavy atom. The molecule has 0 spiro atoms. The van der Waals surface area contributed by atoms with Crippen molar-refractivity contribution in [1.29, 1.82) is 0 Å². The van der Waals surface area contributed by atoms with Crippen LogP contribution in [0.25, 0.3) is 0 Å². The van der Waals surface area contributed by atoms with E-state index < -0.39 is 5.97 Å². The van der Waals surface area contributed by atoms with Crippen LogP contribution in [0.1, 0.15) is 77.6 Å². The molecule has 0 aliphatic heterocycles. The predicted molar refractivity (Wildman–Crippen MR) is 77.8 cm³/mol. The maximum absolute atomic E-state index is 10.8. The lowest BCUT2D eigenvalue weighted by Crippen LogP contribution is -2.10. The van der Waals surface area contributed by atoms with Crippen LogP contribution in [0.2, 0.25) is 0 Å². The summed E-state index contributed by atoms with van der Waals surface area (Å²) < 4.78 is 0. The van der Waals surface area contributed by atoms with Crippen molar-refractivity contribution in [2.75, 3.05) is 0 Å². The second-order valence-electron chi connectivity index (χ2n) is 5.15. The van der Waals surface area contributed by atoms with Crippen molar-refractivity contribution in [3.8, 4) is 0 Å². The third-order valence-corrected chi connectivity index (χ3v) is 3.47. The second kappa shape index (κ2) is 12.7. The van der Waals surface area contributed by atoms with Gasteiger partial charge in [0, 0.05) is 0 Å². The van der Waals surface area contributed by atoms with Crippen LogP contribution in [0.15, 0.2) is 12.7 Å². The third-order valence-electron chi connectivity index (χ3n) is 3.47. The molecule has 106 valence electrons. The summed E-state index contributed by atoms with van der Waals surface area (Å²) in [4.78, 5) is 10.8. The van der Waals surface area contributed by atoms with Crippen LogP contribution in [-0.4, -0.2) is 11.1 Å². The van der Waals surface area contributed by atoms with Crippen LogP contribution in [0.5, 0.6) is 0 Å². The molecule has 0 aromatic rings. The minimum Gasteiger partial charge on any atom is -0.481 e. The molecule has 0 rings (SSSR count). The van der Waals surface area contributed by atoms with Crippen LogP contribution in [0.4, 0.5) is 0 Å².